The molecule has 0 nitrogen and oxygen atoms in total. The SMILES string of the molecule is C#C[C](C=C)C(CCC)CCCCC. The summed E-state index contributed by atoms with van der Waals surface area (Å²) >= 11 is 0. The molecular weight excluding hydrogens is 168 g/mol. The summed E-state index contributed by atoms with van der Waals surface area (Å²) < 4.78 is 0. The molecule has 0 bridgehead atoms. The third-order valence-electron chi connectivity index (χ3n) is 2.62. The highest BCUT2D eigenvalue weighted by molar-refractivity contribution is 5.29. The first kappa shape index (κ1) is 13.3. The van der Waals surface area contributed by atoms with Gasteiger partial charge in [-0.2, -0.15) is 0 Å². The van der Waals surface area contributed by atoms with Gasteiger partial charge in [-0.3, -0.25) is 0 Å². The van der Waals surface area contributed by atoms with Crippen molar-refractivity contribution in [3.05, 3.63) is 18.6 Å². The number of terminal acetylenes is 1. The van der Waals surface area contributed by atoms with Gasteiger partial charge in [0.15, 0.2) is 0 Å². The van der Waals surface area contributed by atoms with E-state index in [2.05, 4.69) is 26.3 Å². The predicted octanol–water partition coefficient (Wildman–Crippen LogP) is 4.38. The van der Waals surface area contributed by atoms with E-state index in [1.165, 1.54) is 38.5 Å². The zero-order chi connectivity index (χ0) is 10.8. The van der Waals surface area contributed by atoms with Crippen molar-refractivity contribution < 1.29 is 0 Å². The van der Waals surface area contributed by atoms with E-state index in [9.17, 15) is 0 Å². The van der Waals surface area contributed by atoms with Gasteiger partial charge in [0.1, 0.15) is 0 Å². The van der Waals surface area contributed by atoms with Crippen LogP contribution in [0.2, 0.25) is 0 Å². The minimum absolute atomic E-state index is 0.578. The Hall–Kier alpha value is -0.700. The molecule has 0 aliphatic carbocycles. The van der Waals surface area contributed by atoms with E-state index in [-0.39, 0.29) is 0 Å². The van der Waals surface area contributed by atoms with Crippen LogP contribution in [-0.4, -0.2) is 0 Å². The van der Waals surface area contributed by atoms with E-state index >= 15 is 0 Å². The Balaban J connectivity index is 3.99. The van der Waals surface area contributed by atoms with Crippen LogP contribution in [0.4, 0.5) is 0 Å². The van der Waals surface area contributed by atoms with Gasteiger partial charge in [0.05, 0.1) is 5.92 Å². The molecular formula is C14H23. The van der Waals surface area contributed by atoms with Gasteiger partial charge in [-0.05, 0) is 18.8 Å². The fourth-order valence-corrected chi connectivity index (χ4v) is 1.79. The standard InChI is InChI=1S/C14H23/c1-5-9-10-12-14(11-6-2)13(7-3)8-4/h3,8,14H,4-6,9-12H2,1-2H3. The second-order valence-electron chi connectivity index (χ2n) is 3.79. The maximum absolute atomic E-state index is 5.46. The molecule has 0 heterocycles. The van der Waals surface area contributed by atoms with Gasteiger partial charge in [-0.1, -0.05) is 51.5 Å². The molecule has 79 valence electrons. The van der Waals surface area contributed by atoms with E-state index < -0.39 is 0 Å². The minimum Gasteiger partial charge on any atom is -0.119 e. The highest BCUT2D eigenvalue weighted by Crippen LogP contribution is 2.26. The van der Waals surface area contributed by atoms with Crippen molar-refractivity contribution in [3.8, 4) is 12.3 Å². The predicted molar refractivity (Wildman–Crippen MR) is 64.8 cm³/mol. The molecule has 0 heteroatoms. The molecule has 14 heavy (non-hydrogen) atoms. The van der Waals surface area contributed by atoms with E-state index in [4.69, 9.17) is 6.42 Å². The van der Waals surface area contributed by atoms with E-state index in [0.717, 1.165) is 5.92 Å². The molecule has 1 radical (unpaired) electrons. The zero-order valence-electron chi connectivity index (χ0n) is 9.68. The molecule has 1 unspecified atom stereocenters. The van der Waals surface area contributed by atoms with Gasteiger partial charge in [-0.25, -0.2) is 0 Å². The van der Waals surface area contributed by atoms with Crippen molar-refractivity contribution in [2.45, 2.75) is 52.4 Å². The lowest BCUT2D eigenvalue weighted by molar-refractivity contribution is 0.466. The first-order valence-corrected chi connectivity index (χ1v) is 5.75. The summed E-state index contributed by atoms with van der Waals surface area (Å²) in [6.45, 7) is 8.23. The van der Waals surface area contributed by atoms with Crippen LogP contribution in [0.3, 0.4) is 0 Å². The van der Waals surface area contributed by atoms with Gasteiger partial charge in [-0.15, -0.1) is 13.0 Å². The topological polar surface area (TPSA) is 0 Å². The van der Waals surface area contributed by atoms with Gasteiger partial charge < -0.3 is 0 Å². The first-order valence-electron chi connectivity index (χ1n) is 5.75. The lowest BCUT2D eigenvalue weighted by atomic mass is 9.85. The van der Waals surface area contributed by atoms with Gasteiger partial charge in [0, 0.05) is 0 Å². The minimum atomic E-state index is 0.578. The van der Waals surface area contributed by atoms with E-state index in [1.807, 2.05) is 6.08 Å². The van der Waals surface area contributed by atoms with Crippen LogP contribution in [0.15, 0.2) is 12.7 Å². The van der Waals surface area contributed by atoms with Crippen LogP contribution in [0, 0.1) is 24.2 Å². The van der Waals surface area contributed by atoms with Crippen molar-refractivity contribution in [2.24, 2.45) is 5.92 Å². The molecule has 0 aromatic heterocycles. The molecule has 1 atom stereocenters. The summed E-state index contributed by atoms with van der Waals surface area (Å²) in [7, 11) is 0. The molecule has 0 rings (SSSR count). The summed E-state index contributed by atoms with van der Waals surface area (Å²) in [6, 6.07) is 0. The van der Waals surface area contributed by atoms with Crippen LogP contribution in [0.1, 0.15) is 52.4 Å². The van der Waals surface area contributed by atoms with Gasteiger partial charge in [0.2, 0.25) is 0 Å². The lowest BCUT2D eigenvalue weighted by Gasteiger charge is -2.18. The zero-order valence-corrected chi connectivity index (χ0v) is 9.68. The van der Waals surface area contributed by atoms with Crippen LogP contribution in [0.5, 0.6) is 0 Å². The summed E-state index contributed by atoms with van der Waals surface area (Å²) in [5.74, 6) is 4.44. The molecule has 0 spiro atoms. The average Bonchev–Trinajstić information content (AvgIpc) is 2.20. The Morgan fingerprint density at radius 2 is 2.00 bits per heavy atom. The number of hydrogen-bond acceptors (Lipinski definition) is 0. The first-order chi connectivity index (χ1) is 6.79. The summed E-state index contributed by atoms with van der Waals surface area (Å²) in [4.78, 5) is 0. The average molecular weight is 191 g/mol. The normalized spacial score (nSPS) is 12.4. The lowest BCUT2D eigenvalue weighted by Crippen LogP contribution is -2.08. The fraction of sp³-hybridized carbons (Fsp3) is 0.643. The number of hydrogen-bond donors (Lipinski definition) is 0. The highest BCUT2D eigenvalue weighted by Gasteiger charge is 2.15. The van der Waals surface area contributed by atoms with Gasteiger partial charge >= 0.3 is 0 Å². The van der Waals surface area contributed by atoms with E-state index in [1.54, 1.807) is 0 Å². The summed E-state index contributed by atoms with van der Waals surface area (Å²) in [5.41, 5.74) is 0. The third-order valence-corrected chi connectivity index (χ3v) is 2.62. The van der Waals surface area contributed by atoms with Gasteiger partial charge in [0.25, 0.3) is 0 Å². The van der Waals surface area contributed by atoms with Crippen molar-refractivity contribution in [2.75, 3.05) is 0 Å². The van der Waals surface area contributed by atoms with Crippen molar-refractivity contribution in [1.29, 1.82) is 0 Å². The van der Waals surface area contributed by atoms with E-state index in [0.29, 0.717) is 5.92 Å². The molecule has 0 fully saturated rings. The van der Waals surface area contributed by atoms with Crippen molar-refractivity contribution >= 4 is 0 Å². The monoisotopic (exact) mass is 191 g/mol. The smallest absolute Gasteiger partial charge is 0.0719 e. The Morgan fingerprint density at radius 1 is 1.29 bits per heavy atom. The Labute approximate surface area is 89.8 Å². The van der Waals surface area contributed by atoms with Crippen LogP contribution in [-0.2, 0) is 0 Å². The highest BCUT2D eigenvalue weighted by atomic mass is 14.2. The quantitative estimate of drug-likeness (QED) is 0.394. The molecule has 0 saturated heterocycles. The third kappa shape index (κ3) is 5.12. The number of allylic oxidation sites excluding steroid dienone is 1. The molecule has 0 aromatic carbocycles. The number of rotatable bonds is 8. The summed E-state index contributed by atoms with van der Waals surface area (Å²) in [5, 5.41) is 0. The Morgan fingerprint density at radius 3 is 2.43 bits per heavy atom. The molecule has 0 amide bonds. The molecule has 0 aliphatic rings. The van der Waals surface area contributed by atoms with Crippen LogP contribution >= 0.6 is 0 Å². The second-order valence-corrected chi connectivity index (χ2v) is 3.79. The Kier molecular flexibility index (Phi) is 8.43. The summed E-state index contributed by atoms with van der Waals surface area (Å²) in [6.07, 6.45) is 14.8. The molecule has 0 N–H and O–H groups in total. The number of unbranched alkanes of at least 4 members (excludes halogenated alkanes) is 2. The second kappa shape index (κ2) is 8.88. The molecule has 0 aliphatic heterocycles. The maximum atomic E-state index is 5.46. The van der Waals surface area contributed by atoms with Crippen LogP contribution < -0.4 is 0 Å². The fourth-order valence-electron chi connectivity index (χ4n) is 1.79. The van der Waals surface area contributed by atoms with Crippen LogP contribution in [0.25, 0.3) is 0 Å². The van der Waals surface area contributed by atoms with Crippen molar-refractivity contribution in [1.82, 2.24) is 0 Å². The molecule has 0 saturated carbocycles. The maximum Gasteiger partial charge on any atom is 0.0719 e. The Bertz CT molecular complexity index is 173. The molecule has 0 aromatic rings. The van der Waals surface area contributed by atoms with Crippen molar-refractivity contribution in [3.63, 3.8) is 0 Å². The largest absolute Gasteiger partial charge is 0.119 e.